The van der Waals surface area contributed by atoms with E-state index < -0.39 is 45.2 Å². The Labute approximate surface area is 118 Å². The van der Waals surface area contributed by atoms with Crippen molar-refractivity contribution in [2.24, 2.45) is 0 Å². The predicted molar refractivity (Wildman–Crippen MR) is 69.0 cm³/mol. The molecule has 0 aliphatic carbocycles. The molecule has 0 bridgehead atoms. The van der Waals surface area contributed by atoms with Crippen LogP contribution in [0.4, 0.5) is 0 Å². The van der Waals surface area contributed by atoms with E-state index in [0.29, 0.717) is 12.2 Å². The van der Waals surface area contributed by atoms with E-state index in [1.165, 1.54) is 6.92 Å². The fourth-order valence-corrected chi connectivity index (χ4v) is 1.32. The Balaban J connectivity index is 6.47. The summed E-state index contributed by atoms with van der Waals surface area (Å²) in [5.41, 5.74) is -3.55. The summed E-state index contributed by atoms with van der Waals surface area (Å²) >= 11 is 0. The molecule has 0 rings (SSSR count). The maximum Gasteiger partial charge on any atom is 0.342 e. The van der Waals surface area contributed by atoms with Crippen LogP contribution in [0.3, 0.4) is 0 Å². The summed E-state index contributed by atoms with van der Waals surface area (Å²) < 4.78 is 0. The standard InChI is InChI=1S/C12H11NO8/c1-3-6(10(14)15)7(11(16)17)5-8(12(18)19)9(4-2)13(20)21/h3-5H,2H2,1H3,(H,14,15)(H,16,17)(H,18,19). The lowest BCUT2D eigenvalue weighted by atomic mass is 10.0. The summed E-state index contributed by atoms with van der Waals surface area (Å²) in [7, 11) is 0. The van der Waals surface area contributed by atoms with Crippen LogP contribution in [0.25, 0.3) is 0 Å². The molecular weight excluding hydrogens is 286 g/mol. The van der Waals surface area contributed by atoms with Crippen LogP contribution in [0.1, 0.15) is 6.92 Å². The Morgan fingerprint density at radius 3 is 1.76 bits per heavy atom. The molecule has 0 aromatic carbocycles. The lowest BCUT2D eigenvalue weighted by molar-refractivity contribution is -0.419. The van der Waals surface area contributed by atoms with Crippen LogP contribution in [0.2, 0.25) is 0 Å². The van der Waals surface area contributed by atoms with Gasteiger partial charge in [-0.25, -0.2) is 14.4 Å². The molecule has 0 saturated heterocycles. The van der Waals surface area contributed by atoms with E-state index >= 15 is 0 Å². The zero-order valence-electron chi connectivity index (χ0n) is 10.8. The molecule has 3 N–H and O–H groups in total. The second kappa shape index (κ2) is 7.38. The van der Waals surface area contributed by atoms with Crippen molar-refractivity contribution in [3.05, 3.63) is 57.3 Å². The summed E-state index contributed by atoms with van der Waals surface area (Å²) in [6.45, 7) is 4.30. The highest BCUT2D eigenvalue weighted by Crippen LogP contribution is 2.17. The number of hydrogen-bond donors (Lipinski definition) is 3. The first kappa shape index (κ1) is 17.8. The minimum Gasteiger partial charge on any atom is -0.478 e. The summed E-state index contributed by atoms with van der Waals surface area (Å²) in [6.07, 6.45) is 1.96. The van der Waals surface area contributed by atoms with E-state index in [-0.39, 0.29) is 0 Å². The van der Waals surface area contributed by atoms with Gasteiger partial charge in [0.05, 0.1) is 16.1 Å². The van der Waals surface area contributed by atoms with E-state index in [9.17, 15) is 24.5 Å². The normalized spacial score (nSPS) is 13.2. The number of hydrogen-bond acceptors (Lipinski definition) is 5. The highest BCUT2D eigenvalue weighted by atomic mass is 16.6. The quantitative estimate of drug-likeness (QED) is 0.270. The van der Waals surface area contributed by atoms with Crippen molar-refractivity contribution < 1.29 is 34.6 Å². The van der Waals surface area contributed by atoms with Gasteiger partial charge in [0.15, 0.2) is 0 Å². The molecule has 0 aromatic heterocycles. The second-order valence-electron chi connectivity index (χ2n) is 3.44. The molecule has 9 nitrogen and oxygen atoms in total. The molecule has 0 atom stereocenters. The number of carboxylic acid groups (broad SMARTS) is 3. The molecule has 0 spiro atoms. The van der Waals surface area contributed by atoms with Crippen LogP contribution in [-0.2, 0) is 14.4 Å². The summed E-state index contributed by atoms with van der Waals surface area (Å²) in [5, 5.41) is 37.5. The summed E-state index contributed by atoms with van der Waals surface area (Å²) in [6, 6.07) is 0. The van der Waals surface area contributed by atoms with Gasteiger partial charge in [0, 0.05) is 6.08 Å². The number of nitro groups is 1. The smallest absolute Gasteiger partial charge is 0.342 e. The predicted octanol–water partition coefficient (Wildman–Crippen LogP) is 0.830. The summed E-state index contributed by atoms with van der Waals surface area (Å²) in [5.74, 6) is -5.14. The van der Waals surface area contributed by atoms with Gasteiger partial charge < -0.3 is 15.3 Å². The third kappa shape index (κ3) is 4.42. The number of allylic oxidation sites excluding steroid dienone is 2. The Morgan fingerprint density at radius 2 is 1.52 bits per heavy atom. The van der Waals surface area contributed by atoms with Crippen LogP contribution < -0.4 is 0 Å². The average molecular weight is 297 g/mol. The molecule has 0 aliphatic heterocycles. The number of carbonyl (C=O) groups is 3. The molecule has 0 unspecified atom stereocenters. The molecule has 0 aromatic rings. The zero-order chi connectivity index (χ0) is 16.7. The van der Waals surface area contributed by atoms with Crippen molar-refractivity contribution in [2.75, 3.05) is 0 Å². The van der Waals surface area contributed by atoms with Crippen LogP contribution in [0.5, 0.6) is 0 Å². The van der Waals surface area contributed by atoms with E-state index in [2.05, 4.69) is 6.58 Å². The summed E-state index contributed by atoms with van der Waals surface area (Å²) in [4.78, 5) is 42.6. The molecular formula is C12H11NO8. The third-order valence-electron chi connectivity index (χ3n) is 2.22. The maximum atomic E-state index is 11.1. The van der Waals surface area contributed by atoms with Gasteiger partial charge in [0.1, 0.15) is 5.57 Å². The van der Waals surface area contributed by atoms with E-state index in [4.69, 9.17) is 15.3 Å². The van der Waals surface area contributed by atoms with Crippen molar-refractivity contribution in [1.82, 2.24) is 0 Å². The van der Waals surface area contributed by atoms with E-state index in [1.807, 2.05) is 0 Å². The molecule has 0 fully saturated rings. The highest BCUT2D eigenvalue weighted by Gasteiger charge is 2.25. The van der Waals surface area contributed by atoms with Gasteiger partial charge in [0.2, 0.25) is 0 Å². The van der Waals surface area contributed by atoms with Crippen molar-refractivity contribution in [1.29, 1.82) is 0 Å². The van der Waals surface area contributed by atoms with Gasteiger partial charge in [0.25, 0.3) is 5.70 Å². The molecule has 0 aliphatic rings. The van der Waals surface area contributed by atoms with E-state index in [1.54, 1.807) is 0 Å². The van der Waals surface area contributed by atoms with Crippen LogP contribution in [-0.4, -0.2) is 38.2 Å². The van der Waals surface area contributed by atoms with Crippen LogP contribution in [0, 0.1) is 10.1 Å². The van der Waals surface area contributed by atoms with Gasteiger partial charge >= 0.3 is 17.9 Å². The van der Waals surface area contributed by atoms with Crippen molar-refractivity contribution in [3.63, 3.8) is 0 Å². The first-order valence-corrected chi connectivity index (χ1v) is 5.26. The van der Waals surface area contributed by atoms with Gasteiger partial charge in [-0.15, -0.1) is 0 Å². The first-order valence-electron chi connectivity index (χ1n) is 5.26. The van der Waals surface area contributed by atoms with Gasteiger partial charge in [-0.2, -0.15) is 0 Å². The molecule has 0 radical (unpaired) electrons. The van der Waals surface area contributed by atoms with Crippen molar-refractivity contribution in [2.45, 2.75) is 6.92 Å². The lowest BCUT2D eigenvalue weighted by Gasteiger charge is -2.04. The number of nitrogens with zero attached hydrogens (tertiary/aromatic N) is 1. The van der Waals surface area contributed by atoms with E-state index in [0.717, 1.165) is 6.08 Å². The highest BCUT2D eigenvalue weighted by molar-refractivity contribution is 6.07. The first-order chi connectivity index (χ1) is 9.67. The minimum atomic E-state index is -1.79. The monoisotopic (exact) mass is 297 g/mol. The molecule has 0 saturated carbocycles. The molecule has 0 heterocycles. The Bertz CT molecular complexity index is 609. The third-order valence-corrected chi connectivity index (χ3v) is 2.22. The Morgan fingerprint density at radius 1 is 1.05 bits per heavy atom. The maximum absolute atomic E-state index is 11.1. The Kier molecular flexibility index (Phi) is 6.25. The number of rotatable bonds is 7. The van der Waals surface area contributed by atoms with Gasteiger partial charge in [-0.3, -0.25) is 10.1 Å². The van der Waals surface area contributed by atoms with Crippen LogP contribution in [0.15, 0.2) is 47.2 Å². The van der Waals surface area contributed by atoms with Gasteiger partial charge in [-0.1, -0.05) is 12.7 Å². The number of aliphatic carboxylic acids is 3. The topological polar surface area (TPSA) is 155 Å². The second-order valence-corrected chi connectivity index (χ2v) is 3.44. The fraction of sp³-hybridized carbons (Fsp3) is 0.0833. The van der Waals surface area contributed by atoms with Gasteiger partial charge in [-0.05, 0) is 13.0 Å². The lowest BCUT2D eigenvalue weighted by Crippen LogP contribution is -2.14. The minimum absolute atomic E-state index is 0.411. The molecule has 21 heavy (non-hydrogen) atoms. The fourth-order valence-electron chi connectivity index (χ4n) is 1.32. The molecule has 112 valence electrons. The average Bonchev–Trinajstić information content (AvgIpc) is 2.35. The number of carboxylic acids is 3. The Hall–Kier alpha value is -3.23. The molecule has 0 amide bonds. The zero-order valence-corrected chi connectivity index (χ0v) is 10.8. The van der Waals surface area contributed by atoms with Crippen molar-refractivity contribution in [3.8, 4) is 0 Å². The van der Waals surface area contributed by atoms with Crippen LogP contribution >= 0.6 is 0 Å². The SMILES string of the molecule is C=CC(=C(C=C(C(=O)O)C(=CC)C(=O)O)C(=O)O)[N+](=O)[O-]. The molecule has 9 heteroatoms. The van der Waals surface area contributed by atoms with Crippen molar-refractivity contribution >= 4 is 17.9 Å². The largest absolute Gasteiger partial charge is 0.478 e.